The highest BCUT2D eigenvalue weighted by molar-refractivity contribution is 5.96. The molecule has 0 fully saturated rings. The highest BCUT2D eigenvalue weighted by Gasteiger charge is 2.14. The van der Waals surface area contributed by atoms with E-state index in [0.29, 0.717) is 5.39 Å². The highest BCUT2D eigenvalue weighted by Crippen LogP contribution is 2.30. The van der Waals surface area contributed by atoms with E-state index in [4.69, 9.17) is 0 Å². The fourth-order valence-corrected chi connectivity index (χ4v) is 2.20. The lowest BCUT2D eigenvalue weighted by Crippen LogP contribution is -2.06. The summed E-state index contributed by atoms with van der Waals surface area (Å²) in [4.78, 5) is 14.2. The number of phenolic OH excluding ortho intramolecular Hbond substituents is 1. The minimum Gasteiger partial charge on any atom is -0.508 e. The number of hydrogen-bond acceptors (Lipinski definition) is 2. The molecule has 0 unspecified atom stereocenters. The van der Waals surface area contributed by atoms with E-state index in [1.54, 1.807) is 0 Å². The fourth-order valence-electron chi connectivity index (χ4n) is 2.20. The van der Waals surface area contributed by atoms with Gasteiger partial charge in [-0.05, 0) is 35.9 Å². The van der Waals surface area contributed by atoms with Crippen LogP contribution in [0.25, 0.3) is 21.9 Å². The molecule has 106 valence electrons. The molecule has 0 spiro atoms. The molecular weight excluding hydrogens is 283 g/mol. The van der Waals surface area contributed by atoms with Crippen molar-refractivity contribution in [1.82, 2.24) is 4.98 Å². The molecule has 0 bridgehead atoms. The summed E-state index contributed by atoms with van der Waals surface area (Å²) in [5, 5.41) is 10.1. The van der Waals surface area contributed by atoms with Gasteiger partial charge in [0.15, 0.2) is 17.5 Å². The minimum atomic E-state index is -1.56. The van der Waals surface area contributed by atoms with E-state index in [1.807, 2.05) is 0 Å². The van der Waals surface area contributed by atoms with Crippen LogP contribution in [0, 0.1) is 17.5 Å². The lowest BCUT2D eigenvalue weighted by Gasteiger charge is -2.08. The van der Waals surface area contributed by atoms with Crippen molar-refractivity contribution in [3.63, 3.8) is 0 Å². The minimum absolute atomic E-state index is 0.0539. The molecule has 1 aromatic heterocycles. The van der Waals surface area contributed by atoms with Gasteiger partial charge in [0.05, 0.1) is 0 Å². The van der Waals surface area contributed by atoms with Gasteiger partial charge in [0.25, 0.3) is 5.56 Å². The monoisotopic (exact) mass is 291 g/mol. The first-order valence-corrected chi connectivity index (χ1v) is 5.96. The molecule has 2 N–H and O–H groups in total. The van der Waals surface area contributed by atoms with Gasteiger partial charge in [-0.15, -0.1) is 0 Å². The highest BCUT2D eigenvalue weighted by atomic mass is 19.2. The van der Waals surface area contributed by atoms with Crippen molar-refractivity contribution in [2.75, 3.05) is 0 Å². The topological polar surface area (TPSA) is 53.1 Å². The fraction of sp³-hybridized carbons (Fsp3) is 0. The van der Waals surface area contributed by atoms with Crippen LogP contribution in [0.4, 0.5) is 13.2 Å². The van der Waals surface area contributed by atoms with Gasteiger partial charge in [-0.25, -0.2) is 13.2 Å². The smallest absolute Gasteiger partial charge is 0.255 e. The molecule has 0 saturated heterocycles. The summed E-state index contributed by atoms with van der Waals surface area (Å²) in [5.74, 6) is -4.32. The van der Waals surface area contributed by atoms with Crippen LogP contribution < -0.4 is 5.56 Å². The second kappa shape index (κ2) is 4.66. The van der Waals surface area contributed by atoms with Gasteiger partial charge in [-0.3, -0.25) is 4.79 Å². The number of aromatic nitrogens is 1. The van der Waals surface area contributed by atoms with Gasteiger partial charge in [0.1, 0.15) is 5.75 Å². The van der Waals surface area contributed by atoms with E-state index >= 15 is 0 Å². The summed E-state index contributed by atoms with van der Waals surface area (Å²) in [6.07, 6.45) is 1.26. The van der Waals surface area contributed by atoms with E-state index in [2.05, 4.69) is 4.98 Å². The maximum Gasteiger partial charge on any atom is 0.255 e. The number of H-pyrrole nitrogens is 1. The third-order valence-electron chi connectivity index (χ3n) is 3.18. The molecule has 0 radical (unpaired) electrons. The van der Waals surface area contributed by atoms with Crippen molar-refractivity contribution in [3.05, 3.63) is 64.3 Å². The molecule has 3 nitrogen and oxygen atoms in total. The number of phenols is 1. The molecule has 21 heavy (non-hydrogen) atoms. The maximum atomic E-state index is 13.3. The van der Waals surface area contributed by atoms with Crippen LogP contribution in [0.2, 0.25) is 0 Å². The number of hydrogen-bond donors (Lipinski definition) is 2. The zero-order valence-corrected chi connectivity index (χ0v) is 10.5. The van der Waals surface area contributed by atoms with Crippen molar-refractivity contribution in [2.24, 2.45) is 0 Å². The average Bonchev–Trinajstić information content (AvgIpc) is 2.44. The Kier molecular flexibility index (Phi) is 2.94. The first-order chi connectivity index (χ1) is 9.97. The number of nitrogens with one attached hydrogen (secondary N) is 1. The van der Waals surface area contributed by atoms with E-state index in [-0.39, 0.29) is 22.3 Å². The van der Waals surface area contributed by atoms with Crippen LogP contribution in [0.5, 0.6) is 5.75 Å². The first kappa shape index (κ1) is 13.2. The van der Waals surface area contributed by atoms with Crippen LogP contribution in [0.3, 0.4) is 0 Å². The van der Waals surface area contributed by atoms with Crippen molar-refractivity contribution in [2.45, 2.75) is 0 Å². The molecule has 1 heterocycles. The molecular formula is C15H8F3NO2. The van der Waals surface area contributed by atoms with Gasteiger partial charge in [-0.1, -0.05) is 0 Å². The predicted molar refractivity (Wildman–Crippen MR) is 71.5 cm³/mol. The zero-order valence-electron chi connectivity index (χ0n) is 10.5. The Hall–Kier alpha value is -2.76. The van der Waals surface area contributed by atoms with Crippen LogP contribution in [-0.4, -0.2) is 10.1 Å². The summed E-state index contributed by atoms with van der Waals surface area (Å²) in [7, 11) is 0. The number of fused-ring (bicyclic) bond motifs is 1. The molecule has 2 aromatic carbocycles. The Labute approximate surface area is 116 Å². The van der Waals surface area contributed by atoms with E-state index in [0.717, 1.165) is 12.1 Å². The molecule has 0 aliphatic rings. The number of pyridine rings is 1. The van der Waals surface area contributed by atoms with Crippen molar-refractivity contribution < 1.29 is 18.3 Å². The van der Waals surface area contributed by atoms with Gasteiger partial charge in [-0.2, -0.15) is 0 Å². The number of aromatic hydroxyl groups is 1. The first-order valence-electron chi connectivity index (χ1n) is 5.96. The summed E-state index contributed by atoms with van der Waals surface area (Å²) in [6, 6.07) is 5.68. The number of aromatic amines is 1. The molecule has 0 saturated carbocycles. The molecule has 3 aromatic rings. The van der Waals surface area contributed by atoms with Gasteiger partial charge in [0, 0.05) is 22.5 Å². The predicted octanol–water partition coefficient (Wildman–Crippen LogP) is 3.32. The van der Waals surface area contributed by atoms with Crippen LogP contribution in [-0.2, 0) is 0 Å². The van der Waals surface area contributed by atoms with Crippen LogP contribution in [0.1, 0.15) is 0 Å². The summed E-state index contributed by atoms with van der Waals surface area (Å²) < 4.78 is 39.7. The lowest BCUT2D eigenvalue weighted by molar-refractivity contribution is 0.448. The lowest BCUT2D eigenvalue weighted by atomic mass is 10.0. The third-order valence-corrected chi connectivity index (χ3v) is 3.18. The molecule has 0 atom stereocenters. The molecule has 0 aliphatic heterocycles. The number of halogens is 3. The summed E-state index contributed by atoms with van der Waals surface area (Å²) >= 11 is 0. The Morgan fingerprint density at radius 2 is 1.62 bits per heavy atom. The largest absolute Gasteiger partial charge is 0.508 e. The molecule has 0 amide bonds. The Morgan fingerprint density at radius 3 is 2.29 bits per heavy atom. The Morgan fingerprint density at radius 1 is 0.952 bits per heavy atom. The van der Waals surface area contributed by atoms with Crippen molar-refractivity contribution in [3.8, 4) is 16.9 Å². The zero-order chi connectivity index (χ0) is 15.1. The number of rotatable bonds is 1. The number of benzene rings is 2. The SMILES string of the molecule is O=c1[nH]cc(-c2cc(F)c(F)c(F)c2)c2cc(O)ccc12. The Bertz CT molecular complexity index is 895. The second-order valence-electron chi connectivity index (χ2n) is 4.52. The standard InChI is InChI=1S/C15H8F3NO2/c16-12-3-7(4-13(17)14(12)18)11-6-19-15(21)9-2-1-8(20)5-10(9)11/h1-6,20H,(H,19,21). The van der Waals surface area contributed by atoms with Gasteiger partial charge < -0.3 is 10.1 Å². The summed E-state index contributed by atoms with van der Waals surface area (Å²) in [5.41, 5.74) is -0.0756. The maximum absolute atomic E-state index is 13.3. The van der Waals surface area contributed by atoms with Crippen LogP contribution >= 0.6 is 0 Å². The second-order valence-corrected chi connectivity index (χ2v) is 4.52. The molecule has 0 aliphatic carbocycles. The normalized spacial score (nSPS) is 11.0. The Balaban J connectivity index is 2.38. The molecule has 3 rings (SSSR count). The van der Waals surface area contributed by atoms with Gasteiger partial charge in [0.2, 0.25) is 0 Å². The van der Waals surface area contributed by atoms with Crippen LogP contribution in [0.15, 0.2) is 41.3 Å². The third kappa shape index (κ3) is 2.14. The summed E-state index contributed by atoms with van der Waals surface area (Å²) in [6.45, 7) is 0. The average molecular weight is 291 g/mol. The quantitative estimate of drug-likeness (QED) is 0.676. The van der Waals surface area contributed by atoms with Crippen molar-refractivity contribution in [1.29, 1.82) is 0 Å². The van der Waals surface area contributed by atoms with Crippen molar-refractivity contribution >= 4 is 10.8 Å². The van der Waals surface area contributed by atoms with E-state index < -0.39 is 23.0 Å². The molecule has 6 heteroatoms. The van der Waals surface area contributed by atoms with E-state index in [9.17, 15) is 23.1 Å². The van der Waals surface area contributed by atoms with E-state index in [1.165, 1.54) is 24.4 Å². The van der Waals surface area contributed by atoms with Gasteiger partial charge >= 0.3 is 0 Å².